The Morgan fingerprint density at radius 2 is 1.44 bits per heavy atom. The van der Waals surface area contributed by atoms with Gasteiger partial charge in [-0.05, 0) is 65.2 Å². The smallest absolute Gasteiger partial charge is 0.120 e. The van der Waals surface area contributed by atoms with Crippen LogP contribution < -0.4 is 4.74 Å². The van der Waals surface area contributed by atoms with Crippen molar-refractivity contribution in [2.24, 2.45) is 0 Å². The molecule has 50 heavy (non-hydrogen) atoms. The Bertz CT molecular complexity index is 2520. The Balaban J connectivity index is 0.000000156. The van der Waals surface area contributed by atoms with Crippen LogP contribution in [0.3, 0.4) is 0 Å². The standard InChI is InChI=1S/C28H22NO.C17H10NO.Ir/c1-28(2)23-9-5-6-10-25(23)30-26-12-11-21(17-24(26)28)27-22-16-19-8-4-3-7-18(19)15-20(22)13-14-29-27;1-2-10-16-12(6-1)13-7-5-8-14(17(13)19-16)15-9-3-4-11-18-15;/h3-10,12-14,17H,15-16H2,1-2H3;1-7,9-11H;/q2*-1;. The zero-order chi connectivity index (χ0) is 33.0. The summed E-state index contributed by atoms with van der Waals surface area (Å²) in [6.07, 6.45) is 5.60. The average molecular weight is 825 g/mol. The van der Waals surface area contributed by atoms with Crippen LogP contribution in [0.5, 0.6) is 11.5 Å². The molecule has 1 radical (unpaired) electrons. The molecule has 4 heterocycles. The van der Waals surface area contributed by atoms with E-state index in [1.165, 1.54) is 33.4 Å². The van der Waals surface area contributed by atoms with E-state index in [0.29, 0.717) is 0 Å². The summed E-state index contributed by atoms with van der Waals surface area (Å²) in [6, 6.07) is 48.0. The Labute approximate surface area is 305 Å². The number of rotatable bonds is 2. The predicted molar refractivity (Wildman–Crippen MR) is 195 cm³/mol. The molecule has 0 unspecified atom stereocenters. The van der Waals surface area contributed by atoms with Gasteiger partial charge in [-0.25, -0.2) is 0 Å². The van der Waals surface area contributed by atoms with Gasteiger partial charge in [-0.15, -0.1) is 42.0 Å². The number of ether oxygens (including phenoxy) is 1. The molecule has 0 saturated carbocycles. The summed E-state index contributed by atoms with van der Waals surface area (Å²) >= 11 is 0. The second-order valence-electron chi connectivity index (χ2n) is 13.2. The van der Waals surface area contributed by atoms with E-state index in [2.05, 4.69) is 85.6 Å². The van der Waals surface area contributed by atoms with E-state index in [1.807, 2.05) is 72.9 Å². The van der Waals surface area contributed by atoms with Gasteiger partial charge in [-0.3, -0.25) is 0 Å². The second kappa shape index (κ2) is 12.8. The number of benzene rings is 5. The minimum absolute atomic E-state index is 0. The van der Waals surface area contributed by atoms with E-state index < -0.39 is 0 Å². The van der Waals surface area contributed by atoms with Crippen LogP contribution in [0, 0.1) is 12.1 Å². The number of fused-ring (bicyclic) bond motifs is 7. The van der Waals surface area contributed by atoms with Crippen LogP contribution >= 0.6 is 0 Å². The van der Waals surface area contributed by atoms with Gasteiger partial charge < -0.3 is 19.1 Å². The number of hydrogen-bond acceptors (Lipinski definition) is 4. The monoisotopic (exact) mass is 825 g/mol. The molecule has 0 amide bonds. The molecule has 8 aromatic rings. The molecule has 1 aliphatic carbocycles. The number of para-hydroxylation sites is 2. The minimum Gasteiger partial charge on any atom is -0.501 e. The fraction of sp³-hybridized carbons (Fsp3) is 0.111. The SMILES string of the molecule is CC1(C)c2ccccc2Oc2c[c-]c(-c3nccc4c3Cc3ccccc3C4)cc21.[Ir].[c-]1ccc2c(oc3ccccc32)c1-c1ccccn1. The number of hydrogen-bond donors (Lipinski definition) is 0. The molecule has 5 heteroatoms. The molecular formula is C45H32IrN2O2-2. The fourth-order valence-corrected chi connectivity index (χ4v) is 7.34. The van der Waals surface area contributed by atoms with Gasteiger partial charge in [0.1, 0.15) is 11.3 Å². The van der Waals surface area contributed by atoms with Crippen LogP contribution in [0.15, 0.2) is 138 Å². The van der Waals surface area contributed by atoms with E-state index >= 15 is 0 Å². The Hall–Kier alpha value is -5.35. The molecule has 0 fully saturated rings. The zero-order valence-corrected chi connectivity index (χ0v) is 30.1. The van der Waals surface area contributed by atoms with Gasteiger partial charge >= 0.3 is 0 Å². The summed E-state index contributed by atoms with van der Waals surface area (Å²) in [5.74, 6) is 1.82. The van der Waals surface area contributed by atoms with Crippen LogP contribution in [-0.4, -0.2) is 9.97 Å². The first-order valence-electron chi connectivity index (χ1n) is 16.7. The van der Waals surface area contributed by atoms with Gasteiger partial charge in [0.2, 0.25) is 0 Å². The molecule has 0 bridgehead atoms. The molecule has 0 spiro atoms. The van der Waals surface area contributed by atoms with Gasteiger partial charge in [0.05, 0.1) is 5.58 Å². The third kappa shape index (κ3) is 5.44. The van der Waals surface area contributed by atoms with Crippen molar-refractivity contribution >= 4 is 21.9 Å². The molecule has 0 saturated heterocycles. The van der Waals surface area contributed by atoms with Crippen molar-refractivity contribution in [1.29, 1.82) is 0 Å². The van der Waals surface area contributed by atoms with Gasteiger partial charge in [0.15, 0.2) is 0 Å². The van der Waals surface area contributed by atoms with Crippen molar-refractivity contribution in [2.75, 3.05) is 0 Å². The van der Waals surface area contributed by atoms with Crippen LogP contribution in [0.4, 0.5) is 0 Å². The number of aromatic nitrogens is 2. The van der Waals surface area contributed by atoms with E-state index in [0.717, 1.165) is 68.8 Å². The first-order valence-corrected chi connectivity index (χ1v) is 16.7. The maximum Gasteiger partial charge on any atom is 0.120 e. The first-order chi connectivity index (χ1) is 24.0. The normalized spacial score (nSPS) is 13.4. The summed E-state index contributed by atoms with van der Waals surface area (Å²) in [5, 5.41) is 2.23. The van der Waals surface area contributed by atoms with Gasteiger partial charge in [0.25, 0.3) is 0 Å². The summed E-state index contributed by atoms with van der Waals surface area (Å²) in [5.41, 5.74) is 13.4. The van der Waals surface area contributed by atoms with E-state index in [1.54, 1.807) is 6.20 Å². The van der Waals surface area contributed by atoms with E-state index in [9.17, 15) is 0 Å². The van der Waals surface area contributed by atoms with Crippen molar-refractivity contribution in [3.8, 4) is 34.0 Å². The van der Waals surface area contributed by atoms with Crippen LogP contribution in [0.2, 0.25) is 0 Å². The van der Waals surface area contributed by atoms with Crippen molar-refractivity contribution in [3.63, 3.8) is 0 Å². The second-order valence-corrected chi connectivity index (χ2v) is 13.2. The summed E-state index contributed by atoms with van der Waals surface area (Å²) < 4.78 is 12.2. The summed E-state index contributed by atoms with van der Waals surface area (Å²) in [7, 11) is 0. The molecule has 10 rings (SSSR count). The largest absolute Gasteiger partial charge is 0.501 e. The van der Waals surface area contributed by atoms with E-state index in [-0.39, 0.29) is 25.5 Å². The van der Waals surface area contributed by atoms with Crippen molar-refractivity contribution in [1.82, 2.24) is 9.97 Å². The Kier molecular flexibility index (Phi) is 8.19. The maximum absolute atomic E-state index is 6.21. The number of pyridine rings is 2. The molecular weight excluding hydrogens is 793 g/mol. The molecule has 0 N–H and O–H groups in total. The van der Waals surface area contributed by atoms with Crippen molar-refractivity contribution < 1.29 is 29.3 Å². The number of furan rings is 1. The third-order valence-corrected chi connectivity index (χ3v) is 9.90. The summed E-state index contributed by atoms with van der Waals surface area (Å²) in [6.45, 7) is 4.53. The van der Waals surface area contributed by atoms with Crippen LogP contribution in [0.25, 0.3) is 44.5 Å². The number of nitrogens with zero attached hydrogens (tertiary/aromatic N) is 2. The van der Waals surface area contributed by atoms with Gasteiger partial charge in [-0.1, -0.05) is 109 Å². The fourth-order valence-electron chi connectivity index (χ4n) is 7.34. The average Bonchev–Trinajstić information content (AvgIpc) is 3.53. The minimum atomic E-state index is -0.143. The predicted octanol–water partition coefficient (Wildman–Crippen LogP) is 10.9. The van der Waals surface area contributed by atoms with E-state index in [4.69, 9.17) is 14.1 Å². The quantitative estimate of drug-likeness (QED) is 0.163. The van der Waals surface area contributed by atoms with Crippen LogP contribution in [-0.2, 0) is 38.4 Å². The molecule has 0 atom stereocenters. The van der Waals surface area contributed by atoms with Gasteiger partial charge in [-0.2, -0.15) is 0 Å². The van der Waals surface area contributed by atoms with Gasteiger partial charge in [0, 0.05) is 54.6 Å². The van der Waals surface area contributed by atoms with Crippen LogP contribution in [0.1, 0.15) is 47.2 Å². The molecule has 1 aliphatic heterocycles. The third-order valence-electron chi connectivity index (χ3n) is 9.90. The maximum atomic E-state index is 6.21. The molecule has 3 aromatic heterocycles. The zero-order valence-electron chi connectivity index (χ0n) is 27.7. The molecule has 245 valence electrons. The summed E-state index contributed by atoms with van der Waals surface area (Å²) in [4.78, 5) is 9.18. The first kappa shape index (κ1) is 31.9. The Morgan fingerprint density at radius 1 is 0.660 bits per heavy atom. The molecule has 5 aromatic carbocycles. The van der Waals surface area contributed by atoms with Crippen molar-refractivity contribution in [3.05, 3.63) is 179 Å². The Morgan fingerprint density at radius 3 is 2.30 bits per heavy atom. The topological polar surface area (TPSA) is 48.2 Å². The van der Waals surface area contributed by atoms with Crippen molar-refractivity contribution in [2.45, 2.75) is 32.1 Å². The molecule has 4 nitrogen and oxygen atoms in total. The molecule has 2 aliphatic rings.